The summed E-state index contributed by atoms with van der Waals surface area (Å²) in [7, 11) is 0. The number of benzene rings is 1. The zero-order valence-electron chi connectivity index (χ0n) is 11.2. The zero-order chi connectivity index (χ0) is 14.3. The number of carboxylic acid groups (broad SMARTS) is 1. The molecule has 5 heteroatoms. The lowest BCUT2D eigenvalue weighted by atomic mass is 10.0. The molecule has 0 saturated heterocycles. The average Bonchev–Trinajstić information content (AvgIpc) is 2.39. The molecule has 0 saturated carbocycles. The average molecular weight is 265 g/mol. The Bertz CT molecular complexity index is 419. The summed E-state index contributed by atoms with van der Waals surface area (Å²) >= 11 is 0. The van der Waals surface area contributed by atoms with Crippen molar-refractivity contribution in [1.29, 1.82) is 0 Å². The highest BCUT2D eigenvalue weighted by Gasteiger charge is 2.26. The SMILES string of the molecule is CCOC(=O)N(CC)C(CC(=O)O)c1ccccc1. The Morgan fingerprint density at radius 3 is 2.37 bits per heavy atom. The van der Waals surface area contributed by atoms with E-state index in [-0.39, 0.29) is 13.0 Å². The monoisotopic (exact) mass is 265 g/mol. The molecule has 0 aliphatic carbocycles. The van der Waals surface area contributed by atoms with Crippen molar-refractivity contribution in [2.75, 3.05) is 13.2 Å². The van der Waals surface area contributed by atoms with Gasteiger partial charge in [-0.05, 0) is 19.4 Å². The molecule has 0 aromatic heterocycles. The highest BCUT2D eigenvalue weighted by molar-refractivity contribution is 5.72. The molecule has 1 atom stereocenters. The predicted octanol–water partition coefficient (Wildman–Crippen LogP) is 2.68. The Morgan fingerprint density at radius 1 is 1.26 bits per heavy atom. The maximum absolute atomic E-state index is 11.9. The second kappa shape index (κ2) is 7.41. The molecule has 1 N–H and O–H groups in total. The van der Waals surface area contributed by atoms with Crippen molar-refractivity contribution < 1.29 is 19.4 Å². The van der Waals surface area contributed by atoms with Gasteiger partial charge in [0.1, 0.15) is 0 Å². The smallest absolute Gasteiger partial charge is 0.410 e. The van der Waals surface area contributed by atoms with Crippen LogP contribution in [0.1, 0.15) is 31.9 Å². The first kappa shape index (κ1) is 15.0. The van der Waals surface area contributed by atoms with Gasteiger partial charge in [-0.15, -0.1) is 0 Å². The molecule has 19 heavy (non-hydrogen) atoms. The van der Waals surface area contributed by atoms with Gasteiger partial charge in [-0.25, -0.2) is 4.79 Å². The number of carbonyl (C=O) groups excluding carboxylic acids is 1. The van der Waals surface area contributed by atoms with Crippen LogP contribution in [0.25, 0.3) is 0 Å². The van der Waals surface area contributed by atoms with Gasteiger partial charge in [-0.3, -0.25) is 4.79 Å². The van der Waals surface area contributed by atoms with Crippen LogP contribution in [0.15, 0.2) is 30.3 Å². The van der Waals surface area contributed by atoms with Crippen molar-refractivity contribution in [3.05, 3.63) is 35.9 Å². The van der Waals surface area contributed by atoms with Crippen LogP contribution in [0.3, 0.4) is 0 Å². The van der Waals surface area contributed by atoms with Crippen LogP contribution >= 0.6 is 0 Å². The molecule has 0 heterocycles. The molecule has 0 spiro atoms. The molecule has 1 rings (SSSR count). The van der Waals surface area contributed by atoms with Crippen LogP contribution in [0.4, 0.5) is 4.79 Å². The van der Waals surface area contributed by atoms with Gasteiger partial charge >= 0.3 is 12.1 Å². The van der Waals surface area contributed by atoms with E-state index in [1.807, 2.05) is 30.3 Å². The van der Waals surface area contributed by atoms with Gasteiger partial charge in [-0.1, -0.05) is 30.3 Å². The summed E-state index contributed by atoms with van der Waals surface area (Å²) in [5, 5.41) is 9.02. The molecule has 1 amide bonds. The molecule has 5 nitrogen and oxygen atoms in total. The minimum Gasteiger partial charge on any atom is -0.481 e. The number of aliphatic carboxylic acids is 1. The predicted molar refractivity (Wildman–Crippen MR) is 70.8 cm³/mol. The van der Waals surface area contributed by atoms with Crippen molar-refractivity contribution in [2.45, 2.75) is 26.3 Å². The van der Waals surface area contributed by atoms with Crippen LogP contribution in [-0.2, 0) is 9.53 Å². The third-order valence-corrected chi connectivity index (χ3v) is 2.77. The van der Waals surface area contributed by atoms with E-state index in [9.17, 15) is 9.59 Å². The molecular weight excluding hydrogens is 246 g/mol. The molecule has 0 aliphatic heterocycles. The Hall–Kier alpha value is -2.04. The van der Waals surface area contributed by atoms with E-state index in [4.69, 9.17) is 9.84 Å². The summed E-state index contributed by atoms with van der Waals surface area (Å²) in [5.74, 6) is -0.948. The van der Waals surface area contributed by atoms with Crippen molar-refractivity contribution in [3.63, 3.8) is 0 Å². The molecule has 104 valence electrons. The first-order valence-corrected chi connectivity index (χ1v) is 6.30. The molecule has 0 fully saturated rings. The number of hydrogen-bond donors (Lipinski definition) is 1. The molecular formula is C14H19NO4. The number of rotatable bonds is 6. The van der Waals surface area contributed by atoms with E-state index in [1.54, 1.807) is 13.8 Å². The van der Waals surface area contributed by atoms with E-state index >= 15 is 0 Å². The number of hydrogen-bond acceptors (Lipinski definition) is 3. The highest BCUT2D eigenvalue weighted by atomic mass is 16.6. The van der Waals surface area contributed by atoms with Crippen molar-refractivity contribution in [2.24, 2.45) is 0 Å². The van der Waals surface area contributed by atoms with E-state index < -0.39 is 18.1 Å². The van der Waals surface area contributed by atoms with Gasteiger partial charge in [0.05, 0.1) is 19.1 Å². The third-order valence-electron chi connectivity index (χ3n) is 2.77. The molecule has 1 aromatic rings. The molecule has 0 bridgehead atoms. The van der Waals surface area contributed by atoms with Crippen molar-refractivity contribution >= 4 is 12.1 Å². The van der Waals surface area contributed by atoms with Gasteiger partial charge < -0.3 is 14.7 Å². The van der Waals surface area contributed by atoms with Gasteiger partial charge in [0.25, 0.3) is 0 Å². The standard InChI is InChI=1S/C14H19NO4/c1-3-15(14(18)19-4-2)12(10-13(16)17)11-8-6-5-7-9-11/h5-9,12H,3-4,10H2,1-2H3,(H,16,17). The topological polar surface area (TPSA) is 66.8 Å². The second-order valence-electron chi connectivity index (χ2n) is 4.01. The summed E-state index contributed by atoms with van der Waals surface area (Å²) in [6.45, 7) is 4.19. The van der Waals surface area contributed by atoms with Gasteiger partial charge in [-0.2, -0.15) is 0 Å². The van der Waals surface area contributed by atoms with E-state index in [0.29, 0.717) is 6.54 Å². The Balaban J connectivity index is 3.01. The number of amides is 1. The van der Waals surface area contributed by atoms with E-state index in [2.05, 4.69) is 0 Å². The maximum atomic E-state index is 11.9. The molecule has 1 unspecified atom stereocenters. The summed E-state index contributed by atoms with van der Waals surface area (Å²) < 4.78 is 4.97. The van der Waals surface area contributed by atoms with Crippen molar-refractivity contribution in [3.8, 4) is 0 Å². The Kier molecular flexibility index (Phi) is 5.85. The lowest BCUT2D eigenvalue weighted by Crippen LogP contribution is -2.36. The van der Waals surface area contributed by atoms with Crippen LogP contribution in [-0.4, -0.2) is 35.2 Å². The first-order valence-electron chi connectivity index (χ1n) is 6.30. The fourth-order valence-electron chi connectivity index (χ4n) is 1.93. The summed E-state index contributed by atoms with van der Waals surface area (Å²) in [6.07, 6.45) is -0.628. The van der Waals surface area contributed by atoms with Crippen molar-refractivity contribution in [1.82, 2.24) is 4.90 Å². The van der Waals surface area contributed by atoms with Crippen LogP contribution in [0.5, 0.6) is 0 Å². The van der Waals surface area contributed by atoms with Gasteiger partial charge in [0, 0.05) is 6.54 Å². The minimum absolute atomic E-state index is 0.142. The normalized spacial score (nSPS) is 11.7. The van der Waals surface area contributed by atoms with E-state index in [1.165, 1.54) is 4.90 Å². The Morgan fingerprint density at radius 2 is 1.89 bits per heavy atom. The maximum Gasteiger partial charge on any atom is 0.410 e. The lowest BCUT2D eigenvalue weighted by molar-refractivity contribution is -0.138. The number of nitrogens with zero attached hydrogens (tertiary/aromatic N) is 1. The van der Waals surface area contributed by atoms with Gasteiger partial charge in [0.2, 0.25) is 0 Å². The largest absolute Gasteiger partial charge is 0.481 e. The highest BCUT2D eigenvalue weighted by Crippen LogP contribution is 2.24. The van der Waals surface area contributed by atoms with Crippen LogP contribution < -0.4 is 0 Å². The molecule has 0 aliphatic rings. The molecule has 1 aromatic carbocycles. The minimum atomic E-state index is -0.948. The summed E-state index contributed by atoms with van der Waals surface area (Å²) in [5.41, 5.74) is 0.791. The second-order valence-corrected chi connectivity index (χ2v) is 4.01. The number of ether oxygens (including phenoxy) is 1. The third kappa shape index (κ3) is 4.28. The quantitative estimate of drug-likeness (QED) is 0.858. The van der Waals surface area contributed by atoms with Crippen LogP contribution in [0.2, 0.25) is 0 Å². The fourth-order valence-corrected chi connectivity index (χ4v) is 1.93. The lowest BCUT2D eigenvalue weighted by Gasteiger charge is -2.29. The number of carboxylic acids is 1. The summed E-state index contributed by atoms with van der Waals surface area (Å²) in [6, 6.07) is 8.61. The van der Waals surface area contributed by atoms with E-state index in [0.717, 1.165) is 5.56 Å². The van der Waals surface area contributed by atoms with Crippen LogP contribution in [0, 0.1) is 0 Å². The first-order chi connectivity index (χ1) is 9.10. The Labute approximate surface area is 112 Å². The molecule has 0 radical (unpaired) electrons. The number of carbonyl (C=O) groups is 2. The summed E-state index contributed by atoms with van der Waals surface area (Å²) in [4.78, 5) is 24.3. The van der Waals surface area contributed by atoms with Gasteiger partial charge in [0.15, 0.2) is 0 Å². The zero-order valence-corrected chi connectivity index (χ0v) is 11.2. The fraction of sp³-hybridized carbons (Fsp3) is 0.429.